The Kier molecular flexibility index (Phi) is 1.68. The van der Waals surface area contributed by atoms with Crippen LogP contribution in [0.15, 0.2) is 42.5 Å². The van der Waals surface area contributed by atoms with Gasteiger partial charge in [0.25, 0.3) is 0 Å². The summed E-state index contributed by atoms with van der Waals surface area (Å²) in [6.07, 6.45) is 0.851. The van der Waals surface area contributed by atoms with Gasteiger partial charge in [-0.3, -0.25) is 0 Å². The van der Waals surface area contributed by atoms with Crippen molar-refractivity contribution in [1.82, 2.24) is 0 Å². The van der Waals surface area contributed by atoms with Crippen LogP contribution in [0.1, 0.15) is 11.1 Å². The van der Waals surface area contributed by atoms with Gasteiger partial charge in [-0.1, -0.05) is 36.4 Å². The lowest BCUT2D eigenvalue weighted by atomic mass is 10.1. The van der Waals surface area contributed by atoms with Gasteiger partial charge >= 0.3 is 0 Å². The third-order valence-corrected chi connectivity index (χ3v) is 2.57. The summed E-state index contributed by atoms with van der Waals surface area (Å²) in [5.41, 5.74) is 2.38. The zero-order valence-electron chi connectivity index (χ0n) is 8.10. The maximum atomic E-state index is 9.34. The summed E-state index contributed by atoms with van der Waals surface area (Å²) in [6.45, 7) is 0. The number of phenolic OH excluding ortho intramolecular Hbond substituents is 1. The monoisotopic (exact) mass is 198 g/mol. The van der Waals surface area contributed by atoms with E-state index in [2.05, 4.69) is 12.1 Å². The van der Waals surface area contributed by atoms with Crippen LogP contribution in [0.5, 0.6) is 17.2 Å². The highest BCUT2D eigenvalue weighted by Crippen LogP contribution is 2.54. The maximum absolute atomic E-state index is 9.34. The van der Waals surface area contributed by atoms with Gasteiger partial charge in [-0.2, -0.15) is 0 Å². The molecule has 15 heavy (non-hydrogen) atoms. The van der Waals surface area contributed by atoms with Crippen LogP contribution < -0.4 is 4.74 Å². The zero-order valence-corrected chi connectivity index (χ0v) is 8.10. The lowest BCUT2D eigenvalue weighted by molar-refractivity contribution is 0.463. The first kappa shape index (κ1) is 8.36. The summed E-state index contributed by atoms with van der Waals surface area (Å²) < 4.78 is 5.22. The Labute approximate surface area is 87.8 Å². The molecule has 2 aromatic rings. The molecule has 1 aliphatic heterocycles. The van der Waals surface area contributed by atoms with Crippen molar-refractivity contribution in [2.75, 3.05) is 0 Å². The van der Waals surface area contributed by atoms with Gasteiger partial charge in [0.1, 0.15) is 0 Å². The number of phenols is 1. The fourth-order valence-electron chi connectivity index (χ4n) is 1.74. The van der Waals surface area contributed by atoms with Gasteiger partial charge in [-0.15, -0.1) is 0 Å². The SMILES string of the molecule is Oc1ccc(Cc2ccccc2)c2c1O2. The minimum atomic E-state index is 0.238. The van der Waals surface area contributed by atoms with Crippen molar-refractivity contribution in [3.63, 3.8) is 0 Å². The fraction of sp³-hybridized carbons (Fsp3) is 0.0769. The predicted molar refractivity (Wildman–Crippen MR) is 57.4 cm³/mol. The normalized spacial score (nSPS) is 11.7. The lowest BCUT2D eigenvalue weighted by Gasteiger charge is -1.98. The second kappa shape index (κ2) is 3.02. The van der Waals surface area contributed by atoms with Crippen LogP contribution in [0.4, 0.5) is 0 Å². The van der Waals surface area contributed by atoms with Crippen LogP contribution in [0.2, 0.25) is 0 Å². The van der Waals surface area contributed by atoms with Crippen molar-refractivity contribution in [3.8, 4) is 17.2 Å². The molecule has 2 heteroatoms. The minimum absolute atomic E-state index is 0.238. The number of aromatic hydroxyl groups is 1. The van der Waals surface area contributed by atoms with Gasteiger partial charge in [-0.05, 0) is 11.6 Å². The second-order valence-corrected chi connectivity index (χ2v) is 3.67. The number of ether oxygens (including phenoxy) is 1. The van der Waals surface area contributed by atoms with Crippen molar-refractivity contribution < 1.29 is 9.84 Å². The highest BCUT2D eigenvalue weighted by molar-refractivity contribution is 5.67. The van der Waals surface area contributed by atoms with E-state index in [0.29, 0.717) is 5.75 Å². The molecule has 0 radical (unpaired) electrons. The van der Waals surface area contributed by atoms with E-state index in [1.807, 2.05) is 24.3 Å². The summed E-state index contributed by atoms with van der Waals surface area (Å²) >= 11 is 0. The molecule has 0 fully saturated rings. The third kappa shape index (κ3) is 1.44. The molecule has 0 saturated carbocycles. The van der Waals surface area contributed by atoms with Gasteiger partial charge in [0, 0.05) is 12.0 Å². The van der Waals surface area contributed by atoms with Crippen molar-refractivity contribution in [1.29, 1.82) is 0 Å². The summed E-state index contributed by atoms with van der Waals surface area (Å²) in [4.78, 5) is 0. The molecule has 0 aliphatic carbocycles. The fourth-order valence-corrected chi connectivity index (χ4v) is 1.74. The predicted octanol–water partition coefficient (Wildman–Crippen LogP) is 3.09. The topological polar surface area (TPSA) is 32.8 Å². The molecule has 0 saturated heterocycles. The molecule has 74 valence electrons. The molecular formula is C13H10O2. The minimum Gasteiger partial charge on any atom is -0.504 e. The Bertz CT molecular complexity index is 503. The number of fused-ring (bicyclic) bond motifs is 1. The summed E-state index contributed by atoms with van der Waals surface area (Å²) in [5, 5.41) is 9.34. The molecule has 2 aromatic carbocycles. The molecule has 0 atom stereocenters. The first-order valence-electron chi connectivity index (χ1n) is 4.91. The Morgan fingerprint density at radius 2 is 1.73 bits per heavy atom. The quantitative estimate of drug-likeness (QED) is 0.642. The molecule has 0 unspecified atom stereocenters. The molecule has 3 rings (SSSR count). The molecule has 0 amide bonds. The first-order valence-corrected chi connectivity index (χ1v) is 4.91. The van der Waals surface area contributed by atoms with Crippen molar-refractivity contribution in [2.45, 2.75) is 6.42 Å². The molecule has 1 N–H and O–H groups in total. The molecule has 2 nitrogen and oxygen atoms in total. The average Bonchev–Trinajstić information content (AvgIpc) is 3.05. The number of hydrogen-bond donors (Lipinski definition) is 1. The first-order chi connectivity index (χ1) is 7.34. The summed E-state index contributed by atoms with van der Waals surface area (Å²) in [5.74, 6) is 1.73. The maximum Gasteiger partial charge on any atom is 0.211 e. The van der Waals surface area contributed by atoms with Crippen LogP contribution in [-0.4, -0.2) is 5.11 Å². The van der Waals surface area contributed by atoms with Crippen molar-refractivity contribution >= 4 is 0 Å². The van der Waals surface area contributed by atoms with Crippen molar-refractivity contribution in [2.24, 2.45) is 0 Å². The molecule has 1 heterocycles. The molecular weight excluding hydrogens is 188 g/mol. The summed E-state index contributed by atoms with van der Waals surface area (Å²) in [6, 6.07) is 13.8. The standard InChI is InChI=1S/C13H10O2/c14-11-7-6-10(12-13(11)15-12)8-9-4-2-1-3-5-9/h1-7,14H,8H2. The van der Waals surface area contributed by atoms with E-state index in [9.17, 15) is 5.11 Å². The molecule has 0 aromatic heterocycles. The van der Waals surface area contributed by atoms with Crippen LogP contribution in [-0.2, 0) is 6.42 Å². The average molecular weight is 198 g/mol. The largest absolute Gasteiger partial charge is 0.504 e. The highest BCUT2D eigenvalue weighted by Gasteiger charge is 2.28. The van der Waals surface area contributed by atoms with Gasteiger partial charge in [0.15, 0.2) is 11.5 Å². The van der Waals surface area contributed by atoms with Gasteiger partial charge in [0.05, 0.1) is 0 Å². The van der Waals surface area contributed by atoms with E-state index in [4.69, 9.17) is 4.74 Å². The Balaban J connectivity index is 1.91. The van der Waals surface area contributed by atoms with E-state index >= 15 is 0 Å². The highest BCUT2D eigenvalue weighted by atomic mass is 16.6. The lowest BCUT2D eigenvalue weighted by Crippen LogP contribution is -1.84. The Morgan fingerprint density at radius 1 is 0.933 bits per heavy atom. The van der Waals surface area contributed by atoms with Gasteiger partial charge in [-0.25, -0.2) is 0 Å². The van der Waals surface area contributed by atoms with Crippen LogP contribution in [0, 0.1) is 0 Å². The number of hydrogen-bond acceptors (Lipinski definition) is 2. The van der Waals surface area contributed by atoms with Crippen LogP contribution in [0.25, 0.3) is 0 Å². The van der Waals surface area contributed by atoms with E-state index in [-0.39, 0.29) is 5.75 Å². The van der Waals surface area contributed by atoms with Crippen LogP contribution in [0.3, 0.4) is 0 Å². The van der Waals surface area contributed by atoms with E-state index in [1.165, 1.54) is 5.56 Å². The van der Waals surface area contributed by atoms with E-state index < -0.39 is 0 Å². The smallest absolute Gasteiger partial charge is 0.211 e. The van der Waals surface area contributed by atoms with Gasteiger partial charge < -0.3 is 9.84 Å². The zero-order chi connectivity index (χ0) is 10.3. The summed E-state index contributed by atoms with van der Waals surface area (Å²) in [7, 11) is 0. The van der Waals surface area contributed by atoms with E-state index in [1.54, 1.807) is 6.07 Å². The third-order valence-electron chi connectivity index (χ3n) is 2.57. The van der Waals surface area contributed by atoms with Crippen LogP contribution >= 0.6 is 0 Å². The molecule has 1 aliphatic rings. The van der Waals surface area contributed by atoms with Crippen molar-refractivity contribution in [3.05, 3.63) is 53.6 Å². The van der Waals surface area contributed by atoms with E-state index in [0.717, 1.165) is 17.7 Å². The van der Waals surface area contributed by atoms with Gasteiger partial charge in [0.2, 0.25) is 5.75 Å². The number of benzene rings is 2. The Morgan fingerprint density at radius 3 is 2.53 bits per heavy atom. The molecule has 0 bridgehead atoms. The molecule has 0 spiro atoms. The Hall–Kier alpha value is -1.96. The number of rotatable bonds is 2. The second-order valence-electron chi connectivity index (χ2n) is 3.67.